The minimum atomic E-state index is 0.527. The maximum Gasteiger partial charge on any atom is 0.183 e. The van der Waals surface area contributed by atoms with Crippen LogP contribution in [0.25, 0.3) is 21.9 Å². The van der Waals surface area contributed by atoms with Crippen molar-refractivity contribution in [3.05, 3.63) is 48.5 Å². The second kappa shape index (κ2) is 12.6. The Kier molecular flexibility index (Phi) is 8.31. The topological polar surface area (TPSA) is 0 Å². The first-order valence-electron chi connectivity index (χ1n) is 25.3. The van der Waals surface area contributed by atoms with Crippen LogP contribution in [0.5, 0.6) is 0 Å². The fourth-order valence-electron chi connectivity index (χ4n) is 19.4. The standard InChI is InChI=1S/C56H76B2S/c1-29-41-20-33(53(41,5)6)24-46(29)57(47-25-34-21-42(30(47)2)54(34,7)8)37-16-17-38-39-18-19-45(40-14-13-15-50(52(39)40)59-51(38)28-37)58(48-26-35-22-43(31(48)3)55(35,9)10)49-27-36-23-44(32(49)4)56(36,11)12/h13-19,28-36,41-44,46-49H,20-27H2,1-12H3. The van der Waals surface area contributed by atoms with Crippen LogP contribution in [0.3, 0.4) is 0 Å². The molecule has 0 radical (unpaired) electrons. The molecular formula is C56H76B2S. The zero-order valence-electron chi connectivity index (χ0n) is 39.1. The molecule has 13 aliphatic rings. The Morgan fingerprint density at radius 2 is 0.881 bits per heavy atom. The van der Waals surface area contributed by atoms with Crippen LogP contribution in [0.1, 0.15) is 134 Å². The molecule has 312 valence electrons. The summed E-state index contributed by atoms with van der Waals surface area (Å²) < 4.78 is 0. The average molecular weight is 803 g/mol. The van der Waals surface area contributed by atoms with E-state index in [1.165, 1.54) is 72.3 Å². The number of rotatable bonds is 6. The highest BCUT2D eigenvalue weighted by molar-refractivity contribution is 7.99. The minimum absolute atomic E-state index is 0.527. The summed E-state index contributed by atoms with van der Waals surface area (Å²) in [5, 5.41) is 3.17. The van der Waals surface area contributed by atoms with E-state index in [1.54, 1.807) is 21.7 Å². The zero-order chi connectivity index (χ0) is 41.0. The van der Waals surface area contributed by atoms with Crippen LogP contribution in [0.4, 0.5) is 0 Å². The van der Waals surface area contributed by atoms with Crippen LogP contribution >= 0.6 is 11.8 Å². The lowest BCUT2D eigenvalue weighted by Crippen LogP contribution is -2.62. The Hall–Kier alpha value is -1.60. The summed E-state index contributed by atoms with van der Waals surface area (Å²) in [6.07, 6.45) is 11.7. The van der Waals surface area contributed by atoms with Crippen LogP contribution in [0.15, 0.2) is 58.3 Å². The van der Waals surface area contributed by atoms with Crippen LogP contribution in [-0.2, 0) is 0 Å². The quantitative estimate of drug-likeness (QED) is 0.175. The summed E-state index contributed by atoms with van der Waals surface area (Å²) in [5.74, 6) is 13.7. The molecule has 3 heteroatoms. The van der Waals surface area contributed by atoms with Crippen molar-refractivity contribution in [3.8, 4) is 11.1 Å². The molecular weight excluding hydrogens is 726 g/mol. The van der Waals surface area contributed by atoms with E-state index in [0.717, 1.165) is 94.3 Å². The Morgan fingerprint density at radius 3 is 1.31 bits per heavy atom. The van der Waals surface area contributed by atoms with Gasteiger partial charge in [-0.1, -0.05) is 197 Å². The molecule has 8 bridgehead atoms. The van der Waals surface area contributed by atoms with Crippen molar-refractivity contribution >= 4 is 46.9 Å². The van der Waals surface area contributed by atoms with Crippen molar-refractivity contribution < 1.29 is 0 Å². The lowest BCUT2D eigenvalue weighted by atomic mass is 9.19. The lowest BCUT2D eigenvalue weighted by Gasteiger charge is -2.66. The largest absolute Gasteiger partial charge is 0.183 e. The van der Waals surface area contributed by atoms with E-state index >= 15 is 0 Å². The highest BCUT2D eigenvalue weighted by Crippen LogP contribution is 2.71. The first kappa shape index (κ1) is 39.0. The summed E-state index contributed by atoms with van der Waals surface area (Å²) in [5.41, 5.74) is 8.56. The van der Waals surface area contributed by atoms with E-state index < -0.39 is 0 Å². The van der Waals surface area contributed by atoms with Gasteiger partial charge in [-0.25, -0.2) is 0 Å². The molecule has 12 saturated carbocycles. The Morgan fingerprint density at radius 1 is 0.458 bits per heavy atom. The van der Waals surface area contributed by atoms with Gasteiger partial charge in [-0.3, -0.25) is 0 Å². The van der Waals surface area contributed by atoms with Crippen molar-refractivity contribution in [3.63, 3.8) is 0 Å². The second-order valence-electron chi connectivity index (χ2n) is 26.3. The molecule has 0 N–H and O–H groups in total. The van der Waals surface area contributed by atoms with Gasteiger partial charge in [-0.2, -0.15) is 0 Å². The van der Waals surface area contributed by atoms with Gasteiger partial charge in [0.2, 0.25) is 0 Å². The van der Waals surface area contributed by atoms with E-state index in [-0.39, 0.29) is 0 Å². The molecule has 1 aliphatic heterocycles. The monoisotopic (exact) mass is 803 g/mol. The van der Waals surface area contributed by atoms with Gasteiger partial charge in [0.25, 0.3) is 0 Å². The maximum atomic E-state index is 2.76. The predicted molar refractivity (Wildman–Crippen MR) is 256 cm³/mol. The number of benzene rings is 3. The van der Waals surface area contributed by atoms with E-state index in [4.69, 9.17) is 0 Å². The van der Waals surface area contributed by atoms with Crippen LogP contribution in [0.2, 0.25) is 23.3 Å². The maximum absolute atomic E-state index is 2.76. The molecule has 59 heavy (non-hydrogen) atoms. The number of hydrogen-bond donors (Lipinski definition) is 0. The van der Waals surface area contributed by atoms with Gasteiger partial charge in [-0.15, -0.1) is 0 Å². The molecule has 16 rings (SSSR count). The summed E-state index contributed by atoms with van der Waals surface area (Å²) >= 11 is 2.13. The van der Waals surface area contributed by atoms with Gasteiger partial charge in [-0.05, 0) is 141 Å². The van der Waals surface area contributed by atoms with Gasteiger partial charge in [0.15, 0.2) is 13.4 Å². The smallest absolute Gasteiger partial charge is 0.0888 e. The third kappa shape index (κ3) is 5.02. The third-order valence-electron chi connectivity index (χ3n) is 23.8. The van der Waals surface area contributed by atoms with Gasteiger partial charge >= 0.3 is 0 Å². The Balaban J connectivity index is 0.939. The SMILES string of the molecule is CC1C(B(c2ccc3c(c2)Sc2cccc4c(B(C5CC6CC(C5C)C6(C)C)C5CC6CC(C5C)C6(C)C)ccc-3c24)C2CC3CC(C2C)C3(C)C)CC2CC1C2(C)C. The molecule has 0 nitrogen and oxygen atoms in total. The summed E-state index contributed by atoms with van der Waals surface area (Å²) in [6.45, 7) is 33.0. The predicted octanol–water partition coefficient (Wildman–Crippen LogP) is 14.7. The summed E-state index contributed by atoms with van der Waals surface area (Å²) in [7, 11) is 0. The number of hydrogen-bond acceptors (Lipinski definition) is 1. The number of fused-ring (bicyclic) bond motifs is 10. The molecule has 12 fully saturated rings. The highest BCUT2D eigenvalue weighted by Gasteiger charge is 2.64. The average Bonchev–Trinajstić information content (AvgIpc) is 3.19. The fourth-order valence-corrected chi connectivity index (χ4v) is 20.6. The Labute approximate surface area is 364 Å². The molecule has 0 aromatic heterocycles. The van der Waals surface area contributed by atoms with Crippen molar-refractivity contribution in [2.75, 3.05) is 0 Å². The van der Waals surface area contributed by atoms with E-state index in [2.05, 4.69) is 143 Å². The second-order valence-corrected chi connectivity index (χ2v) is 27.4. The summed E-state index contributed by atoms with van der Waals surface area (Å²) in [6, 6.07) is 20.9. The molecule has 0 saturated heterocycles. The molecule has 16 unspecified atom stereocenters. The Bertz CT molecular complexity index is 2150. The summed E-state index contributed by atoms with van der Waals surface area (Å²) in [4.78, 5) is 3.05. The third-order valence-corrected chi connectivity index (χ3v) is 24.9. The highest BCUT2D eigenvalue weighted by atomic mass is 32.2. The van der Waals surface area contributed by atoms with Crippen LogP contribution < -0.4 is 10.9 Å². The molecule has 16 atom stereocenters. The first-order chi connectivity index (χ1) is 27.9. The van der Waals surface area contributed by atoms with Crippen molar-refractivity contribution in [1.82, 2.24) is 0 Å². The molecule has 0 spiro atoms. The first-order valence-corrected chi connectivity index (χ1v) is 26.1. The molecule has 0 amide bonds. The van der Waals surface area contributed by atoms with Gasteiger partial charge in [0.05, 0.1) is 0 Å². The van der Waals surface area contributed by atoms with Crippen molar-refractivity contribution in [2.45, 2.75) is 168 Å². The van der Waals surface area contributed by atoms with Crippen LogP contribution in [-0.4, -0.2) is 13.4 Å². The van der Waals surface area contributed by atoms with Gasteiger partial charge in [0.1, 0.15) is 0 Å². The minimum Gasteiger partial charge on any atom is -0.0888 e. The van der Waals surface area contributed by atoms with Gasteiger partial charge in [0, 0.05) is 15.2 Å². The van der Waals surface area contributed by atoms with Crippen LogP contribution in [0, 0.1) is 92.7 Å². The van der Waals surface area contributed by atoms with Crippen molar-refractivity contribution in [2.24, 2.45) is 92.7 Å². The molecule has 3 aromatic rings. The molecule has 1 heterocycles. The van der Waals surface area contributed by atoms with Crippen molar-refractivity contribution in [1.29, 1.82) is 0 Å². The normalized spacial score (nSPS) is 44.2. The molecule has 3 aromatic carbocycles. The zero-order valence-corrected chi connectivity index (χ0v) is 39.9. The van der Waals surface area contributed by atoms with E-state index in [9.17, 15) is 0 Å². The lowest BCUT2D eigenvalue weighted by molar-refractivity contribution is -0.107. The molecule has 12 aliphatic carbocycles. The van der Waals surface area contributed by atoms with Gasteiger partial charge < -0.3 is 0 Å². The van der Waals surface area contributed by atoms with E-state index in [1.807, 2.05) is 0 Å². The van der Waals surface area contributed by atoms with E-state index in [0.29, 0.717) is 35.1 Å². The fraction of sp³-hybridized carbons (Fsp3) is 0.714.